The van der Waals surface area contributed by atoms with Crippen molar-refractivity contribution in [3.63, 3.8) is 0 Å². The molecule has 1 N–H and O–H groups in total. The van der Waals surface area contributed by atoms with E-state index in [0.717, 1.165) is 6.07 Å². The minimum Gasteiger partial charge on any atom is -0.321 e. The van der Waals surface area contributed by atoms with E-state index >= 15 is 0 Å². The normalized spacial score (nSPS) is 11.3. The van der Waals surface area contributed by atoms with E-state index in [1.165, 1.54) is 36.2 Å². The number of anilines is 1. The third-order valence-electron chi connectivity index (χ3n) is 3.72. The van der Waals surface area contributed by atoms with Crippen molar-refractivity contribution in [2.24, 2.45) is 0 Å². The lowest BCUT2D eigenvalue weighted by atomic mass is 10.1. The molecule has 0 radical (unpaired) electrons. The number of nitrogens with zero attached hydrogens (tertiary/aromatic N) is 2. The smallest absolute Gasteiger partial charge is 0.321 e. The summed E-state index contributed by atoms with van der Waals surface area (Å²) in [6.07, 6.45) is -1.46. The van der Waals surface area contributed by atoms with Crippen molar-refractivity contribution in [1.29, 1.82) is 0 Å². The van der Waals surface area contributed by atoms with E-state index in [4.69, 9.17) is 0 Å². The third-order valence-corrected chi connectivity index (χ3v) is 4.28. The number of hydrogen-bond acceptors (Lipinski definition) is 4. The number of alkyl halides is 3. The van der Waals surface area contributed by atoms with Crippen LogP contribution < -0.4 is 5.32 Å². The van der Waals surface area contributed by atoms with Crippen LogP contribution in [-0.2, 0) is 6.18 Å². The number of benzene rings is 2. The molecule has 4 nitrogen and oxygen atoms in total. The van der Waals surface area contributed by atoms with E-state index in [1.807, 2.05) is 6.07 Å². The molecule has 0 aliphatic heterocycles. The first-order chi connectivity index (χ1) is 12.9. The Morgan fingerprint density at radius 3 is 2.37 bits per heavy atom. The highest BCUT2D eigenvalue weighted by Gasteiger charge is 2.33. The van der Waals surface area contributed by atoms with Gasteiger partial charge in [-0.1, -0.05) is 54.2 Å². The van der Waals surface area contributed by atoms with Gasteiger partial charge in [0.1, 0.15) is 0 Å². The molecule has 0 bridgehead atoms. The first-order valence-corrected chi connectivity index (χ1v) is 9.06. The minimum atomic E-state index is -4.58. The summed E-state index contributed by atoms with van der Waals surface area (Å²) in [6, 6.07) is 13.8. The molecule has 0 aliphatic carbocycles. The van der Waals surface area contributed by atoms with Crippen molar-refractivity contribution in [3.05, 3.63) is 71.9 Å². The molecule has 1 amide bonds. The highest BCUT2D eigenvalue weighted by Crippen LogP contribution is 2.35. The second kappa shape index (κ2) is 7.79. The summed E-state index contributed by atoms with van der Waals surface area (Å²) in [5, 5.41) is 2.79. The number of hydrogen-bond donors (Lipinski definition) is 1. The molecule has 1 aromatic heterocycles. The van der Waals surface area contributed by atoms with E-state index in [9.17, 15) is 18.0 Å². The number of carbonyl (C=O) groups excluding carboxylic acids is 1. The van der Waals surface area contributed by atoms with Gasteiger partial charge >= 0.3 is 6.18 Å². The van der Waals surface area contributed by atoms with Gasteiger partial charge in [-0.2, -0.15) is 13.2 Å². The fourth-order valence-corrected chi connectivity index (χ4v) is 2.82. The average molecular weight is 389 g/mol. The van der Waals surface area contributed by atoms with Gasteiger partial charge in [0, 0.05) is 11.8 Å². The van der Waals surface area contributed by atoms with Crippen LogP contribution in [0.5, 0.6) is 0 Å². The van der Waals surface area contributed by atoms with Gasteiger partial charge < -0.3 is 5.32 Å². The Bertz CT molecular complexity index is 962. The number of nitrogens with one attached hydrogen (secondary N) is 1. The number of halogens is 3. The molecule has 138 valence electrons. The van der Waals surface area contributed by atoms with Crippen LogP contribution in [0, 0.1) is 0 Å². The van der Waals surface area contributed by atoms with Crippen LogP contribution in [0.3, 0.4) is 0 Å². The van der Waals surface area contributed by atoms with Gasteiger partial charge in [0.2, 0.25) is 0 Å². The second-order valence-corrected chi connectivity index (χ2v) is 6.26. The van der Waals surface area contributed by atoms with E-state index in [1.54, 1.807) is 30.5 Å². The second-order valence-electron chi connectivity index (χ2n) is 5.48. The zero-order chi connectivity index (χ0) is 19.4. The monoisotopic (exact) mass is 389 g/mol. The number of para-hydroxylation sites is 1. The maximum absolute atomic E-state index is 13.2. The van der Waals surface area contributed by atoms with Crippen molar-refractivity contribution in [2.75, 3.05) is 11.6 Å². The van der Waals surface area contributed by atoms with Gasteiger partial charge in [0.25, 0.3) is 5.91 Å². The number of carbonyl (C=O) groups is 1. The van der Waals surface area contributed by atoms with Crippen molar-refractivity contribution >= 4 is 23.4 Å². The minimum absolute atomic E-state index is 0.0935. The Hall–Kier alpha value is -2.87. The molecule has 0 spiro atoms. The van der Waals surface area contributed by atoms with Crippen molar-refractivity contribution in [2.45, 2.75) is 11.3 Å². The summed E-state index contributed by atoms with van der Waals surface area (Å²) < 4.78 is 39.5. The Labute approximate surface area is 157 Å². The molecule has 8 heteroatoms. The average Bonchev–Trinajstić information content (AvgIpc) is 2.67. The summed E-state index contributed by atoms with van der Waals surface area (Å²) in [5.74, 6) is -0.710. The van der Waals surface area contributed by atoms with E-state index < -0.39 is 17.6 Å². The fourth-order valence-electron chi connectivity index (χ4n) is 2.48. The van der Waals surface area contributed by atoms with Crippen LogP contribution >= 0.6 is 11.8 Å². The van der Waals surface area contributed by atoms with Gasteiger partial charge in [-0.25, -0.2) is 9.97 Å². The molecule has 2 aromatic carbocycles. The quantitative estimate of drug-likeness (QED) is 0.496. The van der Waals surface area contributed by atoms with Crippen LogP contribution in [0.2, 0.25) is 0 Å². The Kier molecular flexibility index (Phi) is 5.46. The lowest BCUT2D eigenvalue weighted by Crippen LogP contribution is -2.18. The molecule has 1 heterocycles. The summed E-state index contributed by atoms with van der Waals surface area (Å²) in [5.41, 5.74) is -0.110. The molecule has 0 saturated carbocycles. The fraction of sp³-hybridized carbons (Fsp3) is 0.105. The number of amides is 1. The summed E-state index contributed by atoms with van der Waals surface area (Å²) >= 11 is 1.31. The van der Waals surface area contributed by atoms with Gasteiger partial charge in [-0.05, 0) is 18.4 Å². The lowest BCUT2D eigenvalue weighted by Gasteiger charge is -2.14. The first kappa shape index (κ1) is 18.9. The van der Waals surface area contributed by atoms with E-state index in [0.29, 0.717) is 16.4 Å². The summed E-state index contributed by atoms with van der Waals surface area (Å²) in [6.45, 7) is 0. The predicted molar refractivity (Wildman–Crippen MR) is 98.6 cm³/mol. The van der Waals surface area contributed by atoms with Crippen molar-refractivity contribution in [3.8, 4) is 11.3 Å². The highest BCUT2D eigenvalue weighted by molar-refractivity contribution is 7.98. The molecule has 0 saturated heterocycles. The topological polar surface area (TPSA) is 54.9 Å². The van der Waals surface area contributed by atoms with Crippen LogP contribution in [0.1, 0.15) is 15.9 Å². The summed E-state index contributed by atoms with van der Waals surface area (Å²) in [4.78, 5) is 21.2. The molecule has 0 atom stereocenters. The molecule has 3 rings (SSSR count). The number of rotatable bonds is 4. The zero-order valence-corrected chi connectivity index (χ0v) is 14.9. The van der Waals surface area contributed by atoms with Crippen molar-refractivity contribution in [1.82, 2.24) is 9.97 Å². The van der Waals surface area contributed by atoms with E-state index in [2.05, 4.69) is 15.3 Å². The van der Waals surface area contributed by atoms with Crippen LogP contribution in [0.4, 0.5) is 18.9 Å². The van der Waals surface area contributed by atoms with Gasteiger partial charge in [0.05, 0.1) is 22.5 Å². The zero-order valence-electron chi connectivity index (χ0n) is 14.1. The molecule has 0 fully saturated rings. The Morgan fingerprint density at radius 1 is 1.04 bits per heavy atom. The number of thioether (sulfide) groups is 1. The molecular weight excluding hydrogens is 375 g/mol. The molecule has 27 heavy (non-hydrogen) atoms. The largest absolute Gasteiger partial charge is 0.418 e. The molecule has 0 aliphatic rings. The van der Waals surface area contributed by atoms with E-state index in [-0.39, 0.29) is 11.3 Å². The summed E-state index contributed by atoms with van der Waals surface area (Å²) in [7, 11) is 0. The maximum atomic E-state index is 13.2. The Balaban J connectivity index is 2.02. The predicted octanol–water partition coefficient (Wildman–Crippen LogP) is 5.14. The molecule has 0 unspecified atom stereocenters. The molecule has 3 aromatic rings. The SMILES string of the molecule is CSc1ncc(C(=O)Nc2ccccc2C(F)(F)F)c(-c2ccccc2)n1. The number of aromatic nitrogens is 2. The van der Waals surface area contributed by atoms with Crippen LogP contribution in [0.25, 0.3) is 11.3 Å². The maximum Gasteiger partial charge on any atom is 0.418 e. The standard InChI is InChI=1S/C19H14F3N3OS/c1-27-18-23-11-13(16(25-18)12-7-3-2-4-8-12)17(26)24-15-10-6-5-9-14(15)19(20,21)22/h2-11H,1H3,(H,24,26). The third kappa shape index (κ3) is 4.28. The van der Waals surface area contributed by atoms with Gasteiger partial charge in [-0.15, -0.1) is 0 Å². The Morgan fingerprint density at radius 2 is 1.70 bits per heavy atom. The van der Waals surface area contributed by atoms with Crippen molar-refractivity contribution < 1.29 is 18.0 Å². The van der Waals surface area contributed by atoms with Crippen LogP contribution in [0.15, 0.2) is 66.0 Å². The lowest BCUT2D eigenvalue weighted by molar-refractivity contribution is -0.136. The first-order valence-electron chi connectivity index (χ1n) is 7.84. The highest BCUT2D eigenvalue weighted by atomic mass is 32.2. The van der Waals surface area contributed by atoms with Gasteiger partial charge in [0.15, 0.2) is 5.16 Å². The van der Waals surface area contributed by atoms with Gasteiger partial charge in [-0.3, -0.25) is 4.79 Å². The molecular formula is C19H14F3N3OS. The van der Waals surface area contributed by atoms with Crippen LogP contribution in [-0.4, -0.2) is 22.1 Å².